The van der Waals surface area contributed by atoms with Gasteiger partial charge >= 0.3 is 0 Å². The van der Waals surface area contributed by atoms with Crippen molar-refractivity contribution < 1.29 is 10.0 Å². The fraction of sp³-hybridized carbons (Fsp3) is 0.200. The van der Waals surface area contributed by atoms with Crippen molar-refractivity contribution in [3.8, 4) is 11.1 Å². The highest BCUT2D eigenvalue weighted by Gasteiger charge is 2.13. The van der Waals surface area contributed by atoms with Gasteiger partial charge in [-0.05, 0) is 24.0 Å². The summed E-state index contributed by atoms with van der Waals surface area (Å²) in [5.74, 6) is -0.0159. The molecule has 0 saturated heterocycles. The number of Topliss-reactive ketones (excluding diaryl/α,β-unsaturated/α-hetero) is 1. The largest absolute Gasteiger partial charge is 0.411 e. The van der Waals surface area contributed by atoms with Crippen molar-refractivity contribution in [3.63, 3.8) is 0 Å². The van der Waals surface area contributed by atoms with Gasteiger partial charge in [0.25, 0.3) is 0 Å². The van der Waals surface area contributed by atoms with Crippen LogP contribution in [0, 0.1) is 5.92 Å². The molecule has 3 nitrogen and oxygen atoms in total. The van der Waals surface area contributed by atoms with E-state index in [0.717, 1.165) is 24.0 Å². The SMILES string of the molecule is C=CCCC(/C=N\O)CC(=O)c1ccc(-c2ccccc2)cc1. The summed E-state index contributed by atoms with van der Waals surface area (Å²) in [4.78, 5) is 12.4. The first-order valence-electron chi connectivity index (χ1n) is 7.71. The third-order valence-corrected chi connectivity index (χ3v) is 3.78. The van der Waals surface area contributed by atoms with Crippen LogP contribution in [0.3, 0.4) is 0 Å². The summed E-state index contributed by atoms with van der Waals surface area (Å²) in [5, 5.41) is 11.8. The number of allylic oxidation sites excluding steroid dienone is 1. The molecule has 0 spiro atoms. The molecule has 0 saturated carbocycles. The Labute approximate surface area is 137 Å². The first kappa shape index (κ1) is 16.7. The second-order valence-electron chi connectivity index (χ2n) is 5.46. The van der Waals surface area contributed by atoms with Crippen LogP contribution in [0.2, 0.25) is 0 Å². The van der Waals surface area contributed by atoms with E-state index in [0.29, 0.717) is 12.0 Å². The molecule has 118 valence electrons. The molecule has 2 aromatic rings. The van der Waals surface area contributed by atoms with E-state index in [1.54, 1.807) is 6.08 Å². The van der Waals surface area contributed by atoms with Gasteiger partial charge in [-0.25, -0.2) is 0 Å². The highest BCUT2D eigenvalue weighted by atomic mass is 16.4. The van der Waals surface area contributed by atoms with E-state index in [1.165, 1.54) is 6.21 Å². The van der Waals surface area contributed by atoms with Crippen molar-refractivity contribution in [1.29, 1.82) is 0 Å². The Morgan fingerprint density at radius 3 is 2.35 bits per heavy atom. The van der Waals surface area contributed by atoms with Crippen molar-refractivity contribution in [3.05, 3.63) is 72.8 Å². The molecule has 0 amide bonds. The fourth-order valence-corrected chi connectivity index (χ4v) is 2.49. The summed E-state index contributed by atoms with van der Waals surface area (Å²) in [6, 6.07) is 17.7. The molecular weight excluding hydrogens is 286 g/mol. The lowest BCUT2D eigenvalue weighted by Crippen LogP contribution is -2.10. The minimum Gasteiger partial charge on any atom is -0.411 e. The summed E-state index contributed by atoms with van der Waals surface area (Å²) >= 11 is 0. The maximum Gasteiger partial charge on any atom is 0.163 e. The zero-order chi connectivity index (χ0) is 16.5. The van der Waals surface area contributed by atoms with Gasteiger partial charge in [-0.1, -0.05) is 60.7 Å². The van der Waals surface area contributed by atoms with Crippen molar-refractivity contribution in [2.45, 2.75) is 19.3 Å². The molecule has 0 aliphatic carbocycles. The minimum atomic E-state index is -0.0701. The summed E-state index contributed by atoms with van der Waals surface area (Å²) in [5.41, 5.74) is 2.89. The van der Waals surface area contributed by atoms with E-state index in [2.05, 4.69) is 11.7 Å². The molecule has 1 unspecified atom stereocenters. The Bertz CT molecular complexity index is 660. The zero-order valence-electron chi connectivity index (χ0n) is 13.1. The van der Waals surface area contributed by atoms with Crippen molar-refractivity contribution in [2.24, 2.45) is 11.1 Å². The van der Waals surface area contributed by atoms with E-state index in [4.69, 9.17) is 5.21 Å². The van der Waals surface area contributed by atoms with E-state index in [-0.39, 0.29) is 11.7 Å². The molecule has 0 fully saturated rings. The van der Waals surface area contributed by atoms with Crippen LogP contribution >= 0.6 is 0 Å². The second-order valence-corrected chi connectivity index (χ2v) is 5.46. The molecular formula is C20H21NO2. The van der Waals surface area contributed by atoms with Gasteiger partial charge in [0.1, 0.15) is 0 Å². The minimum absolute atomic E-state index is 0.0542. The van der Waals surface area contributed by atoms with Crippen LogP contribution < -0.4 is 0 Å². The van der Waals surface area contributed by atoms with Gasteiger partial charge in [-0.2, -0.15) is 0 Å². The van der Waals surface area contributed by atoms with Gasteiger partial charge < -0.3 is 5.21 Å². The number of carbonyl (C=O) groups is 1. The molecule has 1 N–H and O–H groups in total. The van der Waals surface area contributed by atoms with Gasteiger partial charge in [-0.15, -0.1) is 11.7 Å². The molecule has 0 bridgehead atoms. The maximum atomic E-state index is 12.4. The number of rotatable bonds is 8. The Kier molecular flexibility index (Phi) is 6.30. The fourth-order valence-electron chi connectivity index (χ4n) is 2.49. The predicted molar refractivity (Wildman–Crippen MR) is 94.0 cm³/mol. The molecule has 0 aliphatic rings. The lowest BCUT2D eigenvalue weighted by atomic mass is 9.94. The number of nitrogens with zero attached hydrogens (tertiary/aromatic N) is 1. The number of hydrogen-bond acceptors (Lipinski definition) is 3. The van der Waals surface area contributed by atoms with Crippen LogP contribution in [-0.4, -0.2) is 17.2 Å². The molecule has 0 aromatic heterocycles. The third kappa shape index (κ3) is 4.92. The highest BCUT2D eigenvalue weighted by Crippen LogP contribution is 2.21. The zero-order valence-corrected chi connectivity index (χ0v) is 13.1. The quantitative estimate of drug-likeness (QED) is 0.246. The van der Waals surface area contributed by atoms with E-state index < -0.39 is 0 Å². The van der Waals surface area contributed by atoms with Crippen molar-refractivity contribution in [2.75, 3.05) is 0 Å². The lowest BCUT2D eigenvalue weighted by Gasteiger charge is -2.10. The van der Waals surface area contributed by atoms with Crippen LogP contribution in [-0.2, 0) is 0 Å². The monoisotopic (exact) mass is 307 g/mol. The Morgan fingerprint density at radius 2 is 1.74 bits per heavy atom. The second kappa shape index (κ2) is 8.69. The Hall–Kier alpha value is -2.68. The molecule has 0 heterocycles. The first-order valence-corrected chi connectivity index (χ1v) is 7.71. The van der Waals surface area contributed by atoms with Crippen LogP contribution in [0.25, 0.3) is 11.1 Å². The smallest absolute Gasteiger partial charge is 0.163 e. The summed E-state index contributed by atoms with van der Waals surface area (Å²) in [6.07, 6.45) is 5.11. The number of benzene rings is 2. The standard InChI is InChI=1S/C20H21NO2/c1-2-3-7-16(15-21-23)14-20(22)19-12-10-18(11-13-19)17-8-5-4-6-9-17/h2,4-6,8-13,15-16,23H,1,3,7,14H2/b21-15-. The topological polar surface area (TPSA) is 49.7 Å². The summed E-state index contributed by atoms with van der Waals surface area (Å²) in [6.45, 7) is 3.68. The molecule has 2 rings (SSSR count). The summed E-state index contributed by atoms with van der Waals surface area (Å²) < 4.78 is 0. The Balaban J connectivity index is 2.06. The van der Waals surface area contributed by atoms with E-state index in [1.807, 2.05) is 54.6 Å². The van der Waals surface area contributed by atoms with Gasteiger partial charge in [0, 0.05) is 24.1 Å². The predicted octanol–water partition coefficient (Wildman–Crippen LogP) is 4.97. The number of ketones is 1. The van der Waals surface area contributed by atoms with Crippen LogP contribution in [0.4, 0.5) is 0 Å². The molecule has 2 aromatic carbocycles. The van der Waals surface area contributed by atoms with Crippen molar-refractivity contribution in [1.82, 2.24) is 0 Å². The van der Waals surface area contributed by atoms with Gasteiger partial charge in [0.2, 0.25) is 0 Å². The molecule has 23 heavy (non-hydrogen) atoms. The highest BCUT2D eigenvalue weighted by molar-refractivity contribution is 5.97. The van der Waals surface area contributed by atoms with E-state index >= 15 is 0 Å². The number of oxime groups is 1. The van der Waals surface area contributed by atoms with Crippen LogP contribution in [0.5, 0.6) is 0 Å². The van der Waals surface area contributed by atoms with Crippen LogP contribution in [0.15, 0.2) is 72.4 Å². The summed E-state index contributed by atoms with van der Waals surface area (Å²) in [7, 11) is 0. The molecule has 3 heteroatoms. The lowest BCUT2D eigenvalue weighted by molar-refractivity contribution is 0.0971. The normalized spacial score (nSPS) is 12.2. The average molecular weight is 307 g/mol. The number of carbonyl (C=O) groups excluding carboxylic acids is 1. The molecule has 1 atom stereocenters. The van der Waals surface area contributed by atoms with Crippen LogP contribution in [0.1, 0.15) is 29.6 Å². The van der Waals surface area contributed by atoms with Gasteiger partial charge in [-0.3, -0.25) is 4.79 Å². The Morgan fingerprint density at radius 1 is 1.09 bits per heavy atom. The van der Waals surface area contributed by atoms with Gasteiger partial charge in [0.15, 0.2) is 5.78 Å². The molecule has 0 radical (unpaired) electrons. The number of hydrogen-bond donors (Lipinski definition) is 1. The first-order chi connectivity index (χ1) is 11.2. The molecule has 0 aliphatic heterocycles. The maximum absolute atomic E-state index is 12.4. The third-order valence-electron chi connectivity index (χ3n) is 3.78. The van der Waals surface area contributed by atoms with Crippen molar-refractivity contribution >= 4 is 12.0 Å². The van der Waals surface area contributed by atoms with Gasteiger partial charge in [0.05, 0.1) is 0 Å². The average Bonchev–Trinajstić information content (AvgIpc) is 2.60. The van der Waals surface area contributed by atoms with E-state index in [9.17, 15) is 4.79 Å².